The van der Waals surface area contributed by atoms with Crippen LogP contribution in [-0.4, -0.2) is 46.8 Å². The maximum atomic E-state index is 13.7. The number of benzene rings is 1. The average Bonchev–Trinajstić information content (AvgIpc) is 3.16. The van der Waals surface area contributed by atoms with Crippen LogP contribution < -0.4 is 16.2 Å². The maximum absolute atomic E-state index is 13.7. The van der Waals surface area contributed by atoms with Crippen molar-refractivity contribution in [3.8, 4) is 0 Å². The summed E-state index contributed by atoms with van der Waals surface area (Å²) < 4.78 is 5.59. The van der Waals surface area contributed by atoms with E-state index in [-0.39, 0.29) is 28.8 Å². The van der Waals surface area contributed by atoms with E-state index >= 15 is 0 Å². The zero-order valence-electron chi connectivity index (χ0n) is 23.6. The van der Waals surface area contributed by atoms with Crippen LogP contribution in [0.25, 0.3) is 0 Å². The molecule has 3 rings (SSSR count). The summed E-state index contributed by atoms with van der Waals surface area (Å²) in [7, 11) is 0. The summed E-state index contributed by atoms with van der Waals surface area (Å²) in [6, 6.07) is 9.58. The molecule has 1 aromatic rings. The summed E-state index contributed by atoms with van der Waals surface area (Å²) in [6.07, 6.45) is 5.19. The SMILES string of the molecule is CC(C)C[C@@H]1NC(=S)N(NC(=O)[C@H](CC(C)C)[C@H](CCCc2ccccc2)C(=O)NOC2CCCCO2)C1=O. The molecule has 2 aliphatic heterocycles. The number of thiocarbonyl (C=S) groups is 1. The molecule has 2 heterocycles. The summed E-state index contributed by atoms with van der Waals surface area (Å²) in [6.45, 7) is 8.66. The number of hydrazine groups is 1. The third kappa shape index (κ3) is 9.54. The molecule has 0 aliphatic carbocycles. The largest absolute Gasteiger partial charge is 0.350 e. The molecule has 0 bridgehead atoms. The van der Waals surface area contributed by atoms with E-state index in [1.165, 1.54) is 5.56 Å². The molecule has 3 N–H and O–H groups in total. The van der Waals surface area contributed by atoms with E-state index in [9.17, 15) is 14.4 Å². The van der Waals surface area contributed by atoms with Gasteiger partial charge in [0, 0.05) is 13.0 Å². The lowest BCUT2D eigenvalue weighted by Crippen LogP contribution is -2.52. The Morgan fingerprint density at radius 2 is 1.85 bits per heavy atom. The van der Waals surface area contributed by atoms with Gasteiger partial charge < -0.3 is 10.1 Å². The van der Waals surface area contributed by atoms with Gasteiger partial charge in [0.15, 0.2) is 11.4 Å². The van der Waals surface area contributed by atoms with Crippen molar-refractivity contribution in [2.45, 2.75) is 91.4 Å². The second-order valence-corrected chi connectivity index (χ2v) is 11.8. The fourth-order valence-electron chi connectivity index (χ4n) is 5.11. The number of hydroxylamine groups is 1. The molecule has 2 saturated heterocycles. The van der Waals surface area contributed by atoms with Crippen molar-refractivity contribution in [1.29, 1.82) is 0 Å². The molecule has 9 nitrogen and oxygen atoms in total. The quantitative estimate of drug-likeness (QED) is 0.233. The first-order chi connectivity index (χ1) is 18.7. The van der Waals surface area contributed by atoms with Crippen LogP contribution in [0.2, 0.25) is 0 Å². The standard InChI is InChI=1S/C29H44N4O5S/c1-19(2)17-23(26(34)31-33-28(36)24(18-20(3)4)30-29(33)39)22(14-10-13-21-11-6-5-7-12-21)27(35)32-38-25-15-8-9-16-37-25/h5-7,11-12,19-20,22-25H,8-10,13-18H2,1-4H3,(H,30,39)(H,31,34)(H,32,35)/t22-,23+,24-,25?/m0/s1. The molecular formula is C29H44N4O5S. The minimum Gasteiger partial charge on any atom is -0.350 e. The van der Waals surface area contributed by atoms with Crippen LogP contribution in [0, 0.1) is 23.7 Å². The molecule has 2 fully saturated rings. The van der Waals surface area contributed by atoms with Gasteiger partial charge in [0.05, 0.1) is 11.8 Å². The maximum Gasteiger partial charge on any atom is 0.270 e. The Morgan fingerprint density at radius 3 is 2.49 bits per heavy atom. The van der Waals surface area contributed by atoms with Crippen LogP contribution in [0.5, 0.6) is 0 Å². The number of nitrogens with one attached hydrogen (secondary N) is 3. The number of hydrogen-bond donors (Lipinski definition) is 3. The van der Waals surface area contributed by atoms with Gasteiger partial charge in [0.25, 0.3) is 5.91 Å². The molecule has 4 atom stereocenters. The van der Waals surface area contributed by atoms with E-state index in [1.807, 2.05) is 45.9 Å². The molecule has 1 aromatic carbocycles. The fraction of sp³-hybridized carbons (Fsp3) is 0.655. The molecule has 1 unspecified atom stereocenters. The highest BCUT2D eigenvalue weighted by atomic mass is 32.1. The van der Waals surface area contributed by atoms with Crippen LogP contribution in [0.3, 0.4) is 0 Å². The first-order valence-electron chi connectivity index (χ1n) is 14.2. The smallest absolute Gasteiger partial charge is 0.270 e. The minimum absolute atomic E-state index is 0.140. The number of rotatable bonds is 14. The van der Waals surface area contributed by atoms with Crippen LogP contribution in [-0.2, 0) is 30.4 Å². The van der Waals surface area contributed by atoms with Crippen molar-refractivity contribution in [1.82, 2.24) is 21.2 Å². The lowest BCUT2D eigenvalue weighted by molar-refractivity contribution is -0.203. The predicted octanol–water partition coefficient (Wildman–Crippen LogP) is 4.02. The van der Waals surface area contributed by atoms with Crippen molar-refractivity contribution < 1.29 is 24.0 Å². The second-order valence-electron chi connectivity index (χ2n) is 11.4. The van der Waals surface area contributed by atoms with E-state index in [0.29, 0.717) is 38.7 Å². The van der Waals surface area contributed by atoms with Crippen molar-refractivity contribution in [2.24, 2.45) is 23.7 Å². The Bertz CT molecular complexity index is 968. The van der Waals surface area contributed by atoms with Crippen LogP contribution in [0.15, 0.2) is 30.3 Å². The predicted molar refractivity (Wildman–Crippen MR) is 153 cm³/mol. The average molecular weight is 561 g/mol. The number of hydrogen-bond acceptors (Lipinski definition) is 6. The number of ether oxygens (including phenoxy) is 1. The zero-order valence-corrected chi connectivity index (χ0v) is 24.4. The third-order valence-electron chi connectivity index (χ3n) is 7.09. The summed E-state index contributed by atoms with van der Waals surface area (Å²) in [5.41, 5.74) is 6.49. The van der Waals surface area contributed by atoms with E-state index < -0.39 is 30.1 Å². The molecular weight excluding hydrogens is 516 g/mol. The van der Waals surface area contributed by atoms with E-state index in [4.69, 9.17) is 21.8 Å². The minimum atomic E-state index is -0.684. The number of carbonyl (C=O) groups is 3. The number of aryl methyl sites for hydroxylation is 1. The Hall–Kier alpha value is -2.56. The number of carbonyl (C=O) groups excluding carboxylic acids is 3. The Balaban J connectivity index is 1.74. The molecule has 2 aliphatic rings. The lowest BCUT2D eigenvalue weighted by atomic mass is 9.81. The van der Waals surface area contributed by atoms with Crippen LogP contribution in [0.4, 0.5) is 0 Å². The molecule has 0 saturated carbocycles. The molecule has 0 radical (unpaired) electrons. The Labute approximate surface area is 237 Å². The second kappa shape index (κ2) is 15.3. The topological polar surface area (TPSA) is 109 Å². The molecule has 0 aromatic heterocycles. The number of nitrogens with zero attached hydrogens (tertiary/aromatic N) is 1. The van der Waals surface area contributed by atoms with Gasteiger partial charge in [-0.3, -0.25) is 19.8 Å². The van der Waals surface area contributed by atoms with Crippen LogP contribution in [0.1, 0.15) is 78.2 Å². The van der Waals surface area contributed by atoms with Crippen molar-refractivity contribution in [2.75, 3.05) is 6.61 Å². The van der Waals surface area contributed by atoms with Gasteiger partial charge in [-0.2, -0.15) is 5.01 Å². The van der Waals surface area contributed by atoms with Crippen molar-refractivity contribution in [3.63, 3.8) is 0 Å². The first kappa shape index (κ1) is 31.0. The summed E-state index contributed by atoms with van der Waals surface area (Å²) >= 11 is 5.36. The van der Waals surface area contributed by atoms with E-state index in [2.05, 4.69) is 28.4 Å². The molecule has 3 amide bonds. The highest BCUT2D eigenvalue weighted by Gasteiger charge is 2.40. The zero-order chi connectivity index (χ0) is 28.4. The highest BCUT2D eigenvalue weighted by molar-refractivity contribution is 7.80. The molecule has 10 heteroatoms. The van der Waals surface area contributed by atoms with Gasteiger partial charge in [-0.25, -0.2) is 10.3 Å². The summed E-state index contributed by atoms with van der Waals surface area (Å²) in [5.74, 6) is -1.97. The first-order valence-corrected chi connectivity index (χ1v) is 14.6. The molecule has 0 spiro atoms. The van der Waals surface area contributed by atoms with Gasteiger partial charge in [-0.15, -0.1) is 0 Å². The third-order valence-corrected chi connectivity index (χ3v) is 7.39. The summed E-state index contributed by atoms with van der Waals surface area (Å²) in [5, 5.41) is 4.31. The molecule has 39 heavy (non-hydrogen) atoms. The van der Waals surface area contributed by atoms with Gasteiger partial charge in [-0.05, 0) is 74.6 Å². The van der Waals surface area contributed by atoms with Crippen molar-refractivity contribution in [3.05, 3.63) is 35.9 Å². The number of amides is 3. The van der Waals surface area contributed by atoms with Gasteiger partial charge in [0.2, 0.25) is 11.8 Å². The Kier molecular flexibility index (Phi) is 12.1. The van der Waals surface area contributed by atoms with Gasteiger partial charge in [-0.1, -0.05) is 58.0 Å². The van der Waals surface area contributed by atoms with Crippen LogP contribution >= 0.6 is 12.2 Å². The van der Waals surface area contributed by atoms with Gasteiger partial charge >= 0.3 is 0 Å². The lowest BCUT2D eigenvalue weighted by Gasteiger charge is -2.29. The molecule has 216 valence electrons. The van der Waals surface area contributed by atoms with Crippen molar-refractivity contribution >= 4 is 35.1 Å². The normalized spacial score (nSPS) is 21.1. The van der Waals surface area contributed by atoms with Gasteiger partial charge in [0.1, 0.15) is 6.04 Å². The van der Waals surface area contributed by atoms with E-state index in [0.717, 1.165) is 24.3 Å². The highest BCUT2D eigenvalue weighted by Crippen LogP contribution is 2.27. The fourth-order valence-corrected chi connectivity index (χ4v) is 5.39. The summed E-state index contributed by atoms with van der Waals surface area (Å²) in [4.78, 5) is 45.8. The van der Waals surface area contributed by atoms with E-state index in [1.54, 1.807) is 0 Å². The monoisotopic (exact) mass is 560 g/mol. The Morgan fingerprint density at radius 1 is 1.10 bits per heavy atom.